The van der Waals surface area contributed by atoms with Crippen molar-refractivity contribution in [3.63, 3.8) is 0 Å². The number of hydrogen-bond donors (Lipinski definition) is 2. The lowest BCUT2D eigenvalue weighted by atomic mass is 10.1. The summed E-state index contributed by atoms with van der Waals surface area (Å²) in [5.74, 6) is -0.606. The number of aliphatic carboxylic acids is 1. The molecule has 0 aromatic heterocycles. The van der Waals surface area contributed by atoms with E-state index in [4.69, 9.17) is 15.1 Å². The minimum atomic E-state index is -1.27. The van der Waals surface area contributed by atoms with Crippen LogP contribution in [-0.2, 0) is 4.79 Å². The average Bonchev–Trinajstić information content (AvgIpc) is 2.89. The molecule has 2 N–H and O–H groups in total. The van der Waals surface area contributed by atoms with Crippen LogP contribution in [0.15, 0.2) is 36.0 Å². The maximum absolute atomic E-state index is 11.1. The SMILES string of the molecule is C=CCOc1ccc(N2N=CC(C)(C(=O)O)N2)cc1C#N. The molecule has 7 heteroatoms. The number of rotatable bonds is 5. The van der Waals surface area contributed by atoms with Gasteiger partial charge >= 0.3 is 5.97 Å². The summed E-state index contributed by atoms with van der Waals surface area (Å²) in [5, 5.41) is 23.6. The Hall–Kier alpha value is -2.85. The van der Waals surface area contributed by atoms with Crippen LogP contribution in [0.4, 0.5) is 5.69 Å². The molecule has 1 aromatic carbocycles. The Morgan fingerprint density at radius 3 is 3.05 bits per heavy atom. The first-order valence-electron chi connectivity index (χ1n) is 6.14. The summed E-state index contributed by atoms with van der Waals surface area (Å²) in [6.07, 6.45) is 2.88. The number of benzene rings is 1. The number of hydrazine groups is 1. The highest BCUT2D eigenvalue weighted by molar-refractivity contribution is 6.00. The Morgan fingerprint density at radius 2 is 2.48 bits per heavy atom. The van der Waals surface area contributed by atoms with Crippen molar-refractivity contribution in [2.75, 3.05) is 11.7 Å². The van der Waals surface area contributed by atoms with Crippen LogP contribution in [-0.4, -0.2) is 29.4 Å². The third kappa shape index (κ3) is 2.85. The van der Waals surface area contributed by atoms with Crippen molar-refractivity contribution in [3.8, 4) is 11.8 Å². The molecular weight excluding hydrogens is 272 g/mol. The lowest BCUT2D eigenvalue weighted by Gasteiger charge is -2.21. The number of hydrogen-bond acceptors (Lipinski definition) is 6. The Labute approximate surface area is 121 Å². The number of carboxylic acids is 1. The lowest BCUT2D eigenvalue weighted by Crippen LogP contribution is -2.51. The van der Waals surface area contributed by atoms with Gasteiger partial charge in [0.05, 0.1) is 17.5 Å². The topological polar surface area (TPSA) is 97.9 Å². The zero-order valence-electron chi connectivity index (χ0n) is 11.4. The fourth-order valence-corrected chi connectivity index (χ4v) is 1.70. The number of nitrogens with one attached hydrogen (secondary N) is 1. The first kappa shape index (κ1) is 14.6. The van der Waals surface area contributed by atoms with Crippen LogP contribution in [0.5, 0.6) is 5.75 Å². The van der Waals surface area contributed by atoms with Gasteiger partial charge in [0.2, 0.25) is 0 Å². The number of nitriles is 1. The van der Waals surface area contributed by atoms with Gasteiger partial charge in [-0.15, -0.1) is 0 Å². The van der Waals surface area contributed by atoms with E-state index in [9.17, 15) is 4.79 Å². The van der Waals surface area contributed by atoms with Gasteiger partial charge in [0, 0.05) is 0 Å². The minimum absolute atomic E-state index is 0.297. The van der Waals surface area contributed by atoms with E-state index in [2.05, 4.69) is 17.1 Å². The first-order chi connectivity index (χ1) is 10.00. The predicted octanol–water partition coefficient (Wildman–Crippen LogP) is 1.28. The molecule has 0 spiro atoms. The van der Waals surface area contributed by atoms with E-state index in [0.29, 0.717) is 23.6 Å². The molecule has 0 fully saturated rings. The molecule has 1 heterocycles. The normalized spacial score (nSPS) is 20.1. The molecule has 7 nitrogen and oxygen atoms in total. The summed E-state index contributed by atoms with van der Waals surface area (Å²) in [6.45, 7) is 5.33. The number of carboxylic acid groups (broad SMARTS) is 1. The van der Waals surface area contributed by atoms with Gasteiger partial charge in [-0.3, -0.25) is 0 Å². The number of carbonyl (C=O) groups is 1. The second-order valence-corrected chi connectivity index (χ2v) is 4.57. The smallest absolute Gasteiger partial charge is 0.331 e. The highest BCUT2D eigenvalue weighted by Crippen LogP contribution is 2.26. The molecule has 0 saturated carbocycles. The third-order valence-corrected chi connectivity index (χ3v) is 2.90. The van der Waals surface area contributed by atoms with Crippen LogP contribution in [0, 0.1) is 11.3 Å². The zero-order chi connectivity index (χ0) is 15.5. The molecule has 0 radical (unpaired) electrons. The zero-order valence-corrected chi connectivity index (χ0v) is 11.4. The monoisotopic (exact) mass is 286 g/mol. The molecule has 0 bridgehead atoms. The summed E-state index contributed by atoms with van der Waals surface area (Å²) in [5.41, 5.74) is 2.34. The lowest BCUT2D eigenvalue weighted by molar-refractivity contribution is -0.140. The van der Waals surface area contributed by atoms with Gasteiger partial charge in [-0.05, 0) is 25.1 Å². The molecular formula is C14H14N4O3. The van der Waals surface area contributed by atoms with Crippen LogP contribution < -0.4 is 15.3 Å². The maximum atomic E-state index is 11.1. The molecule has 108 valence electrons. The van der Waals surface area contributed by atoms with E-state index in [-0.39, 0.29) is 0 Å². The summed E-state index contributed by atoms with van der Waals surface area (Å²) < 4.78 is 5.36. The molecule has 1 aliphatic rings. The highest BCUT2D eigenvalue weighted by atomic mass is 16.5. The van der Waals surface area contributed by atoms with Crippen molar-refractivity contribution in [1.29, 1.82) is 5.26 Å². The van der Waals surface area contributed by atoms with Crippen molar-refractivity contribution >= 4 is 17.9 Å². The Bertz CT molecular complexity index is 650. The molecule has 0 saturated heterocycles. The highest BCUT2D eigenvalue weighted by Gasteiger charge is 2.37. The van der Waals surface area contributed by atoms with E-state index >= 15 is 0 Å². The molecule has 1 aliphatic heterocycles. The van der Waals surface area contributed by atoms with Crippen LogP contribution >= 0.6 is 0 Å². The van der Waals surface area contributed by atoms with Crippen LogP contribution in [0.25, 0.3) is 0 Å². The largest absolute Gasteiger partial charge is 0.488 e. The predicted molar refractivity (Wildman–Crippen MR) is 77.0 cm³/mol. The van der Waals surface area contributed by atoms with E-state index in [1.807, 2.05) is 6.07 Å². The van der Waals surface area contributed by atoms with Crippen molar-refractivity contribution in [2.24, 2.45) is 5.10 Å². The number of ether oxygens (including phenoxy) is 1. The molecule has 2 rings (SSSR count). The fourth-order valence-electron chi connectivity index (χ4n) is 1.70. The van der Waals surface area contributed by atoms with Crippen molar-refractivity contribution in [3.05, 3.63) is 36.4 Å². The quantitative estimate of drug-likeness (QED) is 0.791. The van der Waals surface area contributed by atoms with Crippen LogP contribution in [0.2, 0.25) is 0 Å². The van der Waals surface area contributed by atoms with E-state index in [1.54, 1.807) is 24.3 Å². The van der Waals surface area contributed by atoms with Gasteiger partial charge in [-0.25, -0.2) is 4.79 Å². The maximum Gasteiger partial charge on any atom is 0.331 e. The van der Waals surface area contributed by atoms with Crippen LogP contribution in [0.1, 0.15) is 12.5 Å². The summed E-state index contributed by atoms with van der Waals surface area (Å²) in [4.78, 5) is 11.1. The standard InChI is InChI=1S/C14H14N4O3/c1-3-6-21-12-5-4-11(7-10(12)8-15)18-16-9-14(2,17-18)13(19)20/h3-5,7,9,17H,1,6H2,2H3,(H,19,20). The van der Waals surface area contributed by atoms with Gasteiger partial charge in [-0.2, -0.15) is 20.9 Å². The van der Waals surface area contributed by atoms with E-state index in [1.165, 1.54) is 18.3 Å². The molecule has 0 aliphatic carbocycles. The van der Waals surface area contributed by atoms with Gasteiger partial charge in [0.25, 0.3) is 0 Å². The number of nitrogens with zero attached hydrogens (tertiary/aromatic N) is 3. The average molecular weight is 286 g/mol. The summed E-state index contributed by atoms with van der Waals surface area (Å²) >= 11 is 0. The Kier molecular flexibility index (Phi) is 3.91. The Morgan fingerprint density at radius 1 is 1.71 bits per heavy atom. The molecule has 0 amide bonds. The van der Waals surface area contributed by atoms with Crippen LogP contribution in [0.3, 0.4) is 0 Å². The van der Waals surface area contributed by atoms with Crippen molar-refractivity contribution < 1.29 is 14.6 Å². The summed E-state index contributed by atoms with van der Waals surface area (Å²) in [7, 11) is 0. The van der Waals surface area contributed by atoms with Crippen molar-refractivity contribution in [2.45, 2.75) is 12.5 Å². The van der Waals surface area contributed by atoms with Gasteiger partial charge in [-0.1, -0.05) is 12.7 Å². The van der Waals surface area contributed by atoms with Crippen molar-refractivity contribution in [1.82, 2.24) is 5.43 Å². The van der Waals surface area contributed by atoms with Gasteiger partial charge in [0.1, 0.15) is 18.4 Å². The number of hydrazone groups is 1. The Balaban J connectivity index is 2.23. The first-order valence-corrected chi connectivity index (χ1v) is 6.14. The molecule has 1 atom stereocenters. The van der Waals surface area contributed by atoms with Gasteiger partial charge in [0.15, 0.2) is 5.54 Å². The third-order valence-electron chi connectivity index (χ3n) is 2.90. The molecule has 1 aromatic rings. The fraction of sp³-hybridized carbons (Fsp3) is 0.214. The molecule has 21 heavy (non-hydrogen) atoms. The second kappa shape index (κ2) is 5.64. The van der Waals surface area contributed by atoms with Gasteiger partial charge < -0.3 is 9.84 Å². The van der Waals surface area contributed by atoms with E-state index < -0.39 is 11.5 Å². The molecule has 1 unspecified atom stereocenters. The second-order valence-electron chi connectivity index (χ2n) is 4.57. The van der Waals surface area contributed by atoms with E-state index in [0.717, 1.165) is 0 Å². The number of anilines is 1. The minimum Gasteiger partial charge on any atom is -0.488 e. The summed E-state index contributed by atoms with van der Waals surface area (Å²) in [6, 6.07) is 6.90.